The summed E-state index contributed by atoms with van der Waals surface area (Å²) in [6.45, 7) is 1.86. The molecule has 4 heteroatoms. The quantitative estimate of drug-likeness (QED) is 0.743. The molecule has 0 amide bonds. The molecule has 1 unspecified atom stereocenters. The molecule has 0 spiro atoms. The third-order valence-electron chi connectivity index (χ3n) is 2.62. The summed E-state index contributed by atoms with van der Waals surface area (Å²) in [5.74, 6) is -1.11. The molecular weight excluding hydrogens is 246 g/mol. The minimum absolute atomic E-state index is 0.194. The van der Waals surface area contributed by atoms with Gasteiger partial charge in [0.1, 0.15) is 5.76 Å². The second-order valence-corrected chi connectivity index (χ2v) is 4.38. The van der Waals surface area contributed by atoms with Crippen molar-refractivity contribution in [2.75, 3.05) is 0 Å². The summed E-state index contributed by atoms with van der Waals surface area (Å²) in [7, 11) is 0. The molecule has 1 nitrogen and oxygen atoms in total. The predicted octanol–water partition coefficient (Wildman–Crippen LogP) is 4.39. The largest absolute Gasteiger partial charge is 0.467 e. The molecule has 0 aliphatic carbocycles. The minimum atomic E-state index is -0.859. The maximum absolute atomic E-state index is 13.4. The van der Waals surface area contributed by atoms with Gasteiger partial charge in [-0.05, 0) is 36.6 Å². The van der Waals surface area contributed by atoms with Crippen molar-refractivity contribution in [3.05, 3.63) is 59.1 Å². The van der Waals surface area contributed by atoms with Crippen LogP contribution < -0.4 is 0 Å². The molecule has 0 saturated heterocycles. The Morgan fingerprint density at radius 3 is 2.71 bits per heavy atom. The zero-order valence-corrected chi connectivity index (χ0v) is 9.97. The Morgan fingerprint density at radius 2 is 2.06 bits per heavy atom. The van der Waals surface area contributed by atoms with Crippen LogP contribution in [0.2, 0.25) is 0 Å². The van der Waals surface area contributed by atoms with E-state index < -0.39 is 17.0 Å². The molecule has 17 heavy (non-hydrogen) atoms. The number of hydrogen-bond acceptors (Lipinski definition) is 1. The van der Waals surface area contributed by atoms with Crippen molar-refractivity contribution in [3.63, 3.8) is 0 Å². The van der Waals surface area contributed by atoms with Gasteiger partial charge in [0.05, 0.1) is 11.6 Å². The summed E-state index contributed by atoms with van der Waals surface area (Å²) in [4.78, 5) is 0. The van der Waals surface area contributed by atoms with Crippen molar-refractivity contribution in [1.82, 2.24) is 0 Å². The van der Waals surface area contributed by atoms with E-state index in [9.17, 15) is 8.78 Å². The number of alkyl halides is 1. The molecule has 90 valence electrons. The third-order valence-corrected chi connectivity index (χ3v) is 2.97. The van der Waals surface area contributed by atoms with Gasteiger partial charge in [-0.3, -0.25) is 0 Å². The first-order chi connectivity index (χ1) is 8.09. The number of furan rings is 1. The highest BCUT2D eigenvalue weighted by molar-refractivity contribution is 6.20. The van der Waals surface area contributed by atoms with E-state index in [0.717, 1.165) is 11.6 Å². The van der Waals surface area contributed by atoms with Gasteiger partial charge in [0.15, 0.2) is 11.6 Å². The van der Waals surface area contributed by atoms with E-state index in [1.165, 1.54) is 18.4 Å². The fourth-order valence-electron chi connectivity index (χ4n) is 1.70. The van der Waals surface area contributed by atoms with E-state index >= 15 is 0 Å². The highest BCUT2D eigenvalue weighted by Crippen LogP contribution is 2.29. The zero-order valence-electron chi connectivity index (χ0n) is 9.21. The molecule has 0 radical (unpaired) electrons. The molecule has 0 bridgehead atoms. The zero-order chi connectivity index (χ0) is 12.4. The van der Waals surface area contributed by atoms with Gasteiger partial charge in [0.2, 0.25) is 0 Å². The van der Waals surface area contributed by atoms with Crippen molar-refractivity contribution in [3.8, 4) is 0 Å². The summed E-state index contributed by atoms with van der Waals surface area (Å²) in [6.07, 6.45) is 1.72. The summed E-state index contributed by atoms with van der Waals surface area (Å²) >= 11 is 6.13. The van der Waals surface area contributed by atoms with Crippen molar-refractivity contribution in [1.29, 1.82) is 0 Å². The minimum Gasteiger partial charge on any atom is -0.467 e. The topological polar surface area (TPSA) is 13.1 Å². The molecule has 0 fully saturated rings. The Hall–Kier alpha value is -1.35. The standard InChI is InChI=1S/C13H11ClF2O/c1-8-5-6-17-13(8)10(14)7-9-3-2-4-11(15)12(9)16/h2-6,10H,7H2,1H3. The first kappa shape index (κ1) is 12.1. The lowest BCUT2D eigenvalue weighted by molar-refractivity contribution is 0.481. The van der Waals surface area contributed by atoms with Crippen LogP contribution in [0.1, 0.15) is 22.3 Å². The maximum Gasteiger partial charge on any atom is 0.162 e. The highest BCUT2D eigenvalue weighted by Gasteiger charge is 2.18. The number of halogens is 3. The van der Waals surface area contributed by atoms with E-state index in [1.807, 2.05) is 6.92 Å². The van der Waals surface area contributed by atoms with Gasteiger partial charge in [-0.2, -0.15) is 0 Å². The molecule has 0 aliphatic heterocycles. The summed E-state index contributed by atoms with van der Waals surface area (Å²) in [5.41, 5.74) is 1.16. The Labute approximate surface area is 103 Å². The van der Waals surface area contributed by atoms with Crippen LogP contribution in [-0.4, -0.2) is 0 Å². The lowest BCUT2D eigenvalue weighted by Crippen LogP contribution is -2.00. The molecule has 1 aromatic heterocycles. The van der Waals surface area contributed by atoms with E-state index in [1.54, 1.807) is 6.07 Å². The van der Waals surface area contributed by atoms with Gasteiger partial charge in [0.25, 0.3) is 0 Å². The molecule has 1 heterocycles. The summed E-state index contributed by atoms with van der Waals surface area (Å²) in [5, 5.41) is -0.499. The average molecular weight is 257 g/mol. The number of hydrogen-bond donors (Lipinski definition) is 0. The highest BCUT2D eigenvalue weighted by atomic mass is 35.5. The van der Waals surface area contributed by atoms with Crippen molar-refractivity contribution >= 4 is 11.6 Å². The Kier molecular flexibility index (Phi) is 3.48. The van der Waals surface area contributed by atoms with Crippen LogP contribution >= 0.6 is 11.6 Å². The van der Waals surface area contributed by atoms with Crippen molar-refractivity contribution < 1.29 is 13.2 Å². The molecule has 2 rings (SSSR count). The van der Waals surface area contributed by atoms with E-state index in [4.69, 9.17) is 16.0 Å². The molecule has 1 aromatic carbocycles. The maximum atomic E-state index is 13.4. The van der Waals surface area contributed by atoms with Crippen LogP contribution in [0, 0.1) is 18.6 Å². The van der Waals surface area contributed by atoms with Gasteiger partial charge in [-0.25, -0.2) is 8.78 Å². The molecule has 1 atom stereocenters. The van der Waals surface area contributed by atoms with Gasteiger partial charge >= 0.3 is 0 Å². The molecule has 0 N–H and O–H groups in total. The van der Waals surface area contributed by atoms with Gasteiger partial charge in [0, 0.05) is 0 Å². The third kappa shape index (κ3) is 2.50. The van der Waals surface area contributed by atoms with Crippen LogP contribution in [0.25, 0.3) is 0 Å². The van der Waals surface area contributed by atoms with Gasteiger partial charge in [-0.15, -0.1) is 11.6 Å². The number of aryl methyl sites for hydroxylation is 1. The SMILES string of the molecule is Cc1ccoc1C(Cl)Cc1cccc(F)c1F. The average Bonchev–Trinajstić information content (AvgIpc) is 2.71. The summed E-state index contributed by atoms with van der Waals surface area (Å²) < 4.78 is 31.7. The Balaban J connectivity index is 2.22. The fourth-order valence-corrected chi connectivity index (χ4v) is 2.09. The predicted molar refractivity (Wildman–Crippen MR) is 62.1 cm³/mol. The molecule has 0 aliphatic rings. The van der Waals surface area contributed by atoms with Gasteiger partial charge < -0.3 is 4.42 Å². The van der Waals surface area contributed by atoms with Crippen molar-refractivity contribution in [2.24, 2.45) is 0 Å². The van der Waals surface area contributed by atoms with Crippen LogP contribution in [0.5, 0.6) is 0 Å². The summed E-state index contributed by atoms with van der Waals surface area (Å²) in [6, 6.07) is 5.85. The Morgan fingerprint density at radius 1 is 1.29 bits per heavy atom. The van der Waals surface area contributed by atoms with E-state index in [0.29, 0.717) is 5.76 Å². The second-order valence-electron chi connectivity index (χ2n) is 3.85. The smallest absolute Gasteiger partial charge is 0.162 e. The van der Waals surface area contributed by atoms with Crippen LogP contribution in [0.4, 0.5) is 8.78 Å². The molecular formula is C13H11ClF2O. The normalized spacial score (nSPS) is 12.7. The fraction of sp³-hybridized carbons (Fsp3) is 0.231. The molecule has 0 saturated carbocycles. The van der Waals surface area contributed by atoms with Crippen LogP contribution in [0.3, 0.4) is 0 Å². The Bertz CT molecular complexity index is 522. The van der Waals surface area contributed by atoms with Gasteiger partial charge in [-0.1, -0.05) is 12.1 Å². The van der Waals surface area contributed by atoms with E-state index in [-0.39, 0.29) is 12.0 Å². The lowest BCUT2D eigenvalue weighted by Gasteiger charge is -2.09. The second kappa shape index (κ2) is 4.88. The monoisotopic (exact) mass is 256 g/mol. The van der Waals surface area contributed by atoms with E-state index in [2.05, 4.69) is 0 Å². The van der Waals surface area contributed by atoms with Crippen molar-refractivity contribution in [2.45, 2.75) is 18.7 Å². The van der Waals surface area contributed by atoms with Crippen LogP contribution in [0.15, 0.2) is 34.9 Å². The van der Waals surface area contributed by atoms with Crippen LogP contribution in [-0.2, 0) is 6.42 Å². The lowest BCUT2D eigenvalue weighted by atomic mass is 10.1. The first-order valence-electron chi connectivity index (χ1n) is 5.20. The molecule has 2 aromatic rings. The first-order valence-corrected chi connectivity index (χ1v) is 5.64. The number of rotatable bonds is 3. The number of benzene rings is 1.